The van der Waals surface area contributed by atoms with E-state index in [1.54, 1.807) is 29.6 Å². The second kappa shape index (κ2) is 3.65. The van der Waals surface area contributed by atoms with Crippen molar-refractivity contribution in [3.8, 4) is 0 Å². The summed E-state index contributed by atoms with van der Waals surface area (Å²) >= 11 is 1.57. The third kappa shape index (κ3) is 1.55. The van der Waals surface area contributed by atoms with E-state index in [9.17, 15) is 4.79 Å². The Hall–Kier alpha value is -1.72. The van der Waals surface area contributed by atoms with Crippen LogP contribution in [-0.4, -0.2) is 16.8 Å². The van der Waals surface area contributed by atoms with Crippen molar-refractivity contribution in [2.45, 2.75) is 12.1 Å². The molecule has 0 bridgehead atoms. The predicted octanol–water partition coefficient (Wildman–Crippen LogP) is 1.82. The first-order valence-corrected chi connectivity index (χ1v) is 6.13. The van der Waals surface area contributed by atoms with E-state index in [1.807, 2.05) is 10.8 Å². The molecule has 0 fully saturated rings. The molecule has 17 heavy (non-hydrogen) atoms. The quantitative estimate of drug-likeness (QED) is 0.793. The zero-order valence-electron chi connectivity index (χ0n) is 8.83. The summed E-state index contributed by atoms with van der Waals surface area (Å²) in [5.74, 6) is -0.973. The van der Waals surface area contributed by atoms with Crippen LogP contribution >= 0.6 is 11.3 Å². The van der Waals surface area contributed by atoms with Gasteiger partial charge in [-0.1, -0.05) is 6.08 Å². The minimum Gasteiger partial charge on any atom is -0.478 e. The molecule has 0 spiro atoms. The molecule has 3 N–H and O–H groups in total. The molecule has 0 saturated carbocycles. The van der Waals surface area contributed by atoms with E-state index < -0.39 is 5.97 Å². The smallest absolute Gasteiger partial charge is 0.335 e. The zero-order chi connectivity index (χ0) is 12.0. The Morgan fingerprint density at radius 3 is 2.88 bits per heavy atom. The lowest BCUT2D eigenvalue weighted by molar-refractivity contribution is -0.132. The standard InChI is InChI=1S/C12H10N2O2S/c13-11-9-5-17-4-8(9)7-3-6(12(15)16)1-2-10(7)14-11/h1-5,7,11H,13H2,(H,15,16). The SMILES string of the molecule is NC1N=C2C=CC(C(=O)O)=CC2c2cscc21. The number of carboxylic acids is 1. The van der Waals surface area contributed by atoms with Crippen molar-refractivity contribution >= 4 is 23.0 Å². The highest BCUT2D eigenvalue weighted by atomic mass is 32.1. The number of aliphatic carboxylic acids is 1. The average molecular weight is 246 g/mol. The molecule has 1 aromatic heterocycles. The van der Waals surface area contributed by atoms with Gasteiger partial charge in [-0.15, -0.1) is 0 Å². The van der Waals surface area contributed by atoms with Gasteiger partial charge in [-0.2, -0.15) is 11.3 Å². The van der Waals surface area contributed by atoms with Crippen LogP contribution in [0.5, 0.6) is 0 Å². The van der Waals surface area contributed by atoms with Crippen LogP contribution in [0.3, 0.4) is 0 Å². The summed E-state index contributed by atoms with van der Waals surface area (Å²) in [6.45, 7) is 0. The Balaban J connectivity index is 2.12. The highest BCUT2D eigenvalue weighted by molar-refractivity contribution is 7.08. The second-order valence-electron chi connectivity index (χ2n) is 4.02. The first-order valence-electron chi connectivity index (χ1n) is 5.19. The fraction of sp³-hybridized carbons (Fsp3) is 0.167. The Labute approximate surface area is 102 Å². The van der Waals surface area contributed by atoms with E-state index in [1.165, 1.54) is 0 Å². The number of nitrogens with zero attached hydrogens (tertiary/aromatic N) is 1. The van der Waals surface area contributed by atoms with Crippen LogP contribution in [0.1, 0.15) is 23.2 Å². The van der Waals surface area contributed by atoms with Crippen LogP contribution in [-0.2, 0) is 4.79 Å². The van der Waals surface area contributed by atoms with Gasteiger partial charge < -0.3 is 10.8 Å². The molecule has 86 valence electrons. The highest BCUT2D eigenvalue weighted by Crippen LogP contribution is 2.37. The van der Waals surface area contributed by atoms with Crippen molar-refractivity contribution in [1.29, 1.82) is 0 Å². The predicted molar refractivity (Wildman–Crippen MR) is 66.3 cm³/mol. The molecule has 4 nitrogen and oxygen atoms in total. The molecule has 2 aliphatic rings. The topological polar surface area (TPSA) is 75.7 Å². The number of carbonyl (C=O) groups is 1. The highest BCUT2D eigenvalue weighted by Gasteiger charge is 2.29. The first kappa shape index (κ1) is 10.4. The van der Waals surface area contributed by atoms with Crippen molar-refractivity contribution in [2.75, 3.05) is 0 Å². The molecule has 0 saturated heterocycles. The minimum absolute atomic E-state index is 0.0628. The number of aliphatic imine (C=N–C) groups is 1. The number of allylic oxidation sites excluding steroid dienone is 2. The van der Waals surface area contributed by atoms with Crippen LogP contribution < -0.4 is 5.73 Å². The molecule has 1 aliphatic carbocycles. The van der Waals surface area contributed by atoms with E-state index in [-0.39, 0.29) is 12.1 Å². The van der Waals surface area contributed by atoms with E-state index in [0.29, 0.717) is 5.57 Å². The van der Waals surface area contributed by atoms with E-state index >= 15 is 0 Å². The summed E-state index contributed by atoms with van der Waals surface area (Å²) in [7, 11) is 0. The average Bonchev–Trinajstić information content (AvgIpc) is 2.78. The van der Waals surface area contributed by atoms with Crippen molar-refractivity contribution in [3.63, 3.8) is 0 Å². The summed E-state index contributed by atoms with van der Waals surface area (Å²) in [6, 6.07) is 0. The normalized spacial score (nSPS) is 25.7. The van der Waals surface area contributed by atoms with Gasteiger partial charge in [-0.3, -0.25) is 4.99 Å². The number of hydrogen-bond acceptors (Lipinski definition) is 4. The first-order chi connectivity index (χ1) is 8.16. The maximum absolute atomic E-state index is 11.0. The van der Waals surface area contributed by atoms with Gasteiger partial charge in [0.05, 0.1) is 5.57 Å². The number of fused-ring (bicyclic) bond motifs is 3. The lowest BCUT2D eigenvalue weighted by Gasteiger charge is -2.25. The van der Waals surface area contributed by atoms with Crippen molar-refractivity contribution < 1.29 is 9.90 Å². The second-order valence-corrected chi connectivity index (χ2v) is 4.76. The lowest BCUT2D eigenvalue weighted by atomic mass is 9.85. The molecule has 0 radical (unpaired) electrons. The monoisotopic (exact) mass is 246 g/mol. The van der Waals surface area contributed by atoms with Crippen LogP contribution in [0.4, 0.5) is 0 Å². The summed E-state index contributed by atoms with van der Waals surface area (Å²) in [6.07, 6.45) is 4.72. The van der Waals surface area contributed by atoms with Crippen molar-refractivity contribution in [3.05, 3.63) is 45.7 Å². The van der Waals surface area contributed by atoms with Gasteiger partial charge in [-0.25, -0.2) is 4.79 Å². The number of rotatable bonds is 1. The van der Waals surface area contributed by atoms with Gasteiger partial charge in [0.15, 0.2) is 0 Å². The fourth-order valence-electron chi connectivity index (χ4n) is 2.15. The van der Waals surface area contributed by atoms with Crippen molar-refractivity contribution in [2.24, 2.45) is 10.7 Å². The summed E-state index contributed by atoms with van der Waals surface area (Å²) in [5.41, 5.74) is 9.17. The molecule has 0 amide bonds. The summed E-state index contributed by atoms with van der Waals surface area (Å²) in [5, 5.41) is 13.0. The summed E-state index contributed by atoms with van der Waals surface area (Å²) < 4.78 is 0. The Morgan fingerprint density at radius 1 is 1.35 bits per heavy atom. The van der Waals surface area contributed by atoms with Gasteiger partial charge in [0.1, 0.15) is 6.17 Å². The number of nitrogens with two attached hydrogens (primary N) is 1. The molecule has 1 aromatic rings. The van der Waals surface area contributed by atoms with Crippen LogP contribution in [0.2, 0.25) is 0 Å². The molecular weight excluding hydrogens is 236 g/mol. The zero-order valence-corrected chi connectivity index (χ0v) is 9.65. The molecule has 0 aromatic carbocycles. The van der Waals surface area contributed by atoms with Gasteiger partial charge in [0, 0.05) is 17.2 Å². The third-order valence-electron chi connectivity index (χ3n) is 3.01. The fourth-order valence-corrected chi connectivity index (χ4v) is 3.07. The van der Waals surface area contributed by atoms with E-state index in [2.05, 4.69) is 4.99 Å². The molecular formula is C12H10N2O2S. The maximum atomic E-state index is 11.0. The summed E-state index contributed by atoms with van der Waals surface area (Å²) in [4.78, 5) is 15.4. The maximum Gasteiger partial charge on any atom is 0.335 e. The van der Waals surface area contributed by atoms with Crippen molar-refractivity contribution in [1.82, 2.24) is 0 Å². The Morgan fingerprint density at radius 2 is 2.12 bits per heavy atom. The molecule has 2 unspecified atom stereocenters. The lowest BCUT2D eigenvalue weighted by Crippen LogP contribution is -2.24. The van der Waals surface area contributed by atoms with Gasteiger partial charge in [0.2, 0.25) is 0 Å². The van der Waals surface area contributed by atoms with Crippen LogP contribution in [0.25, 0.3) is 0 Å². The Kier molecular flexibility index (Phi) is 2.24. The largest absolute Gasteiger partial charge is 0.478 e. The number of carboxylic acid groups (broad SMARTS) is 1. The van der Waals surface area contributed by atoms with E-state index in [4.69, 9.17) is 10.8 Å². The van der Waals surface area contributed by atoms with Gasteiger partial charge in [-0.05, 0) is 28.5 Å². The molecule has 2 atom stereocenters. The molecule has 2 heterocycles. The van der Waals surface area contributed by atoms with Crippen LogP contribution in [0.15, 0.2) is 39.6 Å². The van der Waals surface area contributed by atoms with Crippen LogP contribution in [0, 0.1) is 0 Å². The van der Waals surface area contributed by atoms with E-state index in [0.717, 1.165) is 16.8 Å². The minimum atomic E-state index is -0.910. The Bertz CT molecular complexity index is 583. The number of thiophene rings is 1. The molecule has 5 heteroatoms. The molecule has 3 rings (SSSR count). The number of hydrogen-bond donors (Lipinski definition) is 2. The third-order valence-corrected chi connectivity index (χ3v) is 3.79. The molecule has 1 aliphatic heterocycles. The van der Waals surface area contributed by atoms with Gasteiger partial charge >= 0.3 is 5.97 Å². The van der Waals surface area contributed by atoms with Gasteiger partial charge in [0.25, 0.3) is 0 Å².